The Bertz CT molecular complexity index is 780. The van der Waals surface area contributed by atoms with Gasteiger partial charge in [0.05, 0.1) is 5.56 Å². The van der Waals surface area contributed by atoms with Crippen LogP contribution in [0.1, 0.15) is 31.4 Å². The molecule has 2 rings (SSSR count). The second kappa shape index (κ2) is 6.83. The zero-order chi connectivity index (χ0) is 17.1. The first-order valence-electron chi connectivity index (χ1n) is 7.56. The van der Waals surface area contributed by atoms with Crippen LogP contribution < -0.4 is 10.9 Å². The Labute approximate surface area is 133 Å². The lowest BCUT2D eigenvalue weighted by Crippen LogP contribution is -2.41. The van der Waals surface area contributed by atoms with E-state index in [4.69, 9.17) is 4.42 Å². The molecule has 124 valence electrons. The Morgan fingerprint density at radius 1 is 1.39 bits per heavy atom. The third kappa shape index (κ3) is 3.53. The Morgan fingerprint density at radius 3 is 2.70 bits per heavy atom. The average molecular weight is 319 g/mol. The van der Waals surface area contributed by atoms with Crippen LogP contribution in [-0.4, -0.2) is 22.2 Å². The summed E-state index contributed by atoms with van der Waals surface area (Å²) in [6.45, 7) is 5.64. The summed E-state index contributed by atoms with van der Waals surface area (Å²) >= 11 is 0. The molecule has 0 bridgehead atoms. The molecule has 0 saturated carbocycles. The van der Waals surface area contributed by atoms with Crippen molar-refractivity contribution in [2.45, 2.75) is 39.8 Å². The predicted molar refractivity (Wildman–Crippen MR) is 86.6 cm³/mol. The lowest BCUT2D eigenvalue weighted by atomic mass is 9.98. The van der Waals surface area contributed by atoms with E-state index in [1.807, 2.05) is 13.8 Å². The smallest absolute Gasteiger partial charge is 0.336 e. The number of hydrogen-bond donors (Lipinski definition) is 3. The standard InChI is InChI=1S/C17H21NO5/c1-4-9(2)15(17(21)22)18-8-12-13(19)6-5-11-10(3)7-14(20)23-16(11)12/h5-7,9,15,18-19H,4,8H2,1-3H3,(H,21,22)/t9-,15+/m1/s1. The summed E-state index contributed by atoms with van der Waals surface area (Å²) in [4.78, 5) is 23.0. The summed E-state index contributed by atoms with van der Waals surface area (Å²) in [7, 11) is 0. The highest BCUT2D eigenvalue weighted by atomic mass is 16.4. The predicted octanol–water partition coefficient (Wildman–Crippen LogP) is 2.40. The molecule has 1 aromatic carbocycles. The second-order valence-electron chi connectivity index (χ2n) is 5.77. The molecule has 6 nitrogen and oxygen atoms in total. The normalized spacial score (nSPS) is 13.9. The lowest BCUT2D eigenvalue weighted by Gasteiger charge is -2.20. The molecular weight excluding hydrogens is 298 g/mol. The number of carbonyl (C=O) groups is 1. The molecule has 1 aromatic heterocycles. The summed E-state index contributed by atoms with van der Waals surface area (Å²) in [5.41, 5.74) is 0.918. The van der Waals surface area contributed by atoms with Crippen LogP contribution in [0.4, 0.5) is 0 Å². The molecule has 6 heteroatoms. The first-order valence-corrected chi connectivity index (χ1v) is 7.56. The second-order valence-corrected chi connectivity index (χ2v) is 5.77. The van der Waals surface area contributed by atoms with E-state index < -0.39 is 17.6 Å². The fourth-order valence-electron chi connectivity index (χ4n) is 2.58. The van der Waals surface area contributed by atoms with E-state index in [1.165, 1.54) is 12.1 Å². The molecule has 0 fully saturated rings. The van der Waals surface area contributed by atoms with Gasteiger partial charge in [-0.15, -0.1) is 0 Å². The largest absolute Gasteiger partial charge is 0.507 e. The Balaban J connectivity index is 2.41. The first kappa shape index (κ1) is 17.0. The van der Waals surface area contributed by atoms with Crippen LogP contribution >= 0.6 is 0 Å². The fraction of sp³-hybridized carbons (Fsp3) is 0.412. The van der Waals surface area contributed by atoms with Gasteiger partial charge in [-0.2, -0.15) is 0 Å². The van der Waals surface area contributed by atoms with Gasteiger partial charge in [-0.3, -0.25) is 10.1 Å². The van der Waals surface area contributed by atoms with Gasteiger partial charge in [-0.25, -0.2) is 4.79 Å². The summed E-state index contributed by atoms with van der Waals surface area (Å²) in [6, 6.07) is 3.84. The number of aliphatic carboxylic acids is 1. The molecule has 0 aliphatic heterocycles. The molecule has 0 spiro atoms. The number of aromatic hydroxyl groups is 1. The number of fused-ring (bicyclic) bond motifs is 1. The highest BCUT2D eigenvalue weighted by molar-refractivity contribution is 5.85. The van der Waals surface area contributed by atoms with Gasteiger partial charge in [-0.05, 0) is 30.5 Å². The van der Waals surface area contributed by atoms with Crippen molar-refractivity contribution in [3.8, 4) is 5.75 Å². The van der Waals surface area contributed by atoms with Crippen molar-refractivity contribution in [3.05, 3.63) is 39.7 Å². The summed E-state index contributed by atoms with van der Waals surface area (Å²) in [6.07, 6.45) is 0.708. The van der Waals surface area contributed by atoms with Crippen molar-refractivity contribution in [2.24, 2.45) is 5.92 Å². The highest BCUT2D eigenvalue weighted by Crippen LogP contribution is 2.28. The number of phenolic OH excluding ortho intramolecular Hbond substituents is 1. The van der Waals surface area contributed by atoms with Crippen LogP contribution in [0.5, 0.6) is 5.75 Å². The molecule has 0 amide bonds. The maximum absolute atomic E-state index is 11.6. The summed E-state index contributed by atoms with van der Waals surface area (Å²) in [5.74, 6) is -1.05. The van der Waals surface area contributed by atoms with E-state index in [0.717, 1.165) is 10.9 Å². The highest BCUT2D eigenvalue weighted by Gasteiger charge is 2.24. The Hall–Kier alpha value is -2.34. The van der Waals surface area contributed by atoms with Gasteiger partial charge in [0.1, 0.15) is 17.4 Å². The minimum absolute atomic E-state index is 0.0351. The molecule has 2 atom stereocenters. The third-order valence-electron chi connectivity index (χ3n) is 4.18. The first-order chi connectivity index (χ1) is 10.8. The molecule has 0 aliphatic rings. The van der Waals surface area contributed by atoms with Gasteiger partial charge >= 0.3 is 11.6 Å². The van der Waals surface area contributed by atoms with Crippen molar-refractivity contribution >= 4 is 16.9 Å². The van der Waals surface area contributed by atoms with E-state index in [0.29, 0.717) is 12.0 Å². The van der Waals surface area contributed by atoms with Gasteiger partial charge in [-0.1, -0.05) is 20.3 Å². The van der Waals surface area contributed by atoms with E-state index in [-0.39, 0.29) is 23.8 Å². The number of carboxylic acid groups (broad SMARTS) is 1. The lowest BCUT2D eigenvalue weighted by molar-refractivity contribution is -0.140. The molecule has 3 N–H and O–H groups in total. The number of aryl methyl sites for hydroxylation is 1. The number of phenols is 1. The third-order valence-corrected chi connectivity index (χ3v) is 4.18. The van der Waals surface area contributed by atoms with E-state index in [2.05, 4.69) is 5.32 Å². The molecular formula is C17H21NO5. The number of nitrogens with one attached hydrogen (secondary N) is 1. The molecule has 0 radical (unpaired) electrons. The van der Waals surface area contributed by atoms with Crippen LogP contribution in [0.25, 0.3) is 11.0 Å². The average Bonchev–Trinajstić information content (AvgIpc) is 2.48. The van der Waals surface area contributed by atoms with Crippen molar-refractivity contribution in [1.29, 1.82) is 0 Å². The molecule has 1 heterocycles. The number of carboxylic acids is 1. The quantitative estimate of drug-likeness (QED) is 0.707. The number of rotatable bonds is 6. The van der Waals surface area contributed by atoms with Gasteiger partial charge in [0.15, 0.2) is 0 Å². The van der Waals surface area contributed by atoms with Crippen LogP contribution in [0.2, 0.25) is 0 Å². The molecule has 0 unspecified atom stereocenters. The van der Waals surface area contributed by atoms with Crippen molar-refractivity contribution in [3.63, 3.8) is 0 Å². The molecule has 0 aliphatic carbocycles. The Morgan fingerprint density at radius 2 is 2.09 bits per heavy atom. The zero-order valence-electron chi connectivity index (χ0n) is 13.4. The van der Waals surface area contributed by atoms with E-state index >= 15 is 0 Å². The minimum Gasteiger partial charge on any atom is -0.507 e. The van der Waals surface area contributed by atoms with E-state index in [1.54, 1.807) is 13.0 Å². The van der Waals surface area contributed by atoms with Crippen molar-refractivity contribution in [2.75, 3.05) is 0 Å². The zero-order valence-corrected chi connectivity index (χ0v) is 13.4. The van der Waals surface area contributed by atoms with Crippen molar-refractivity contribution < 1.29 is 19.4 Å². The van der Waals surface area contributed by atoms with Crippen LogP contribution in [0.3, 0.4) is 0 Å². The maximum Gasteiger partial charge on any atom is 0.336 e. The van der Waals surface area contributed by atoms with Crippen LogP contribution in [0, 0.1) is 12.8 Å². The van der Waals surface area contributed by atoms with Gasteiger partial charge in [0, 0.05) is 18.0 Å². The van der Waals surface area contributed by atoms with Crippen molar-refractivity contribution in [1.82, 2.24) is 5.32 Å². The molecule has 0 saturated heterocycles. The van der Waals surface area contributed by atoms with Crippen LogP contribution in [-0.2, 0) is 11.3 Å². The number of benzene rings is 1. The molecule has 23 heavy (non-hydrogen) atoms. The minimum atomic E-state index is -0.947. The van der Waals surface area contributed by atoms with Crippen LogP contribution in [0.15, 0.2) is 27.4 Å². The topological polar surface area (TPSA) is 99.8 Å². The Kier molecular flexibility index (Phi) is 5.05. The SMILES string of the molecule is CC[C@@H](C)[C@H](NCc1c(O)ccc2c(C)cc(=O)oc12)C(=O)O. The van der Waals surface area contributed by atoms with Gasteiger partial charge in [0.2, 0.25) is 0 Å². The summed E-state index contributed by atoms with van der Waals surface area (Å²) < 4.78 is 5.23. The van der Waals surface area contributed by atoms with Gasteiger partial charge < -0.3 is 14.6 Å². The fourth-order valence-corrected chi connectivity index (χ4v) is 2.58. The number of hydrogen-bond acceptors (Lipinski definition) is 5. The van der Waals surface area contributed by atoms with E-state index in [9.17, 15) is 19.8 Å². The van der Waals surface area contributed by atoms with Gasteiger partial charge in [0.25, 0.3) is 0 Å². The maximum atomic E-state index is 11.6. The summed E-state index contributed by atoms with van der Waals surface area (Å²) in [5, 5.41) is 23.1. The monoisotopic (exact) mass is 319 g/mol. The molecule has 2 aromatic rings.